The molecular formula is C16H19NOS2. The molecule has 0 aliphatic heterocycles. The molecule has 3 rings (SSSR count). The Bertz CT molecular complexity index is 624. The third kappa shape index (κ3) is 2.59. The van der Waals surface area contributed by atoms with Crippen LogP contribution in [0.4, 0.5) is 0 Å². The van der Waals surface area contributed by atoms with E-state index < -0.39 is 0 Å². The molecule has 0 unspecified atom stereocenters. The van der Waals surface area contributed by atoms with Crippen molar-refractivity contribution in [3.63, 3.8) is 0 Å². The standard InChI is InChI=1S/C16H19NOS2/c18-16-12(11-19)8-9-14(15-7-4-10-20-15)17(16)13-5-2-1-3-6-13/h4,7-10,13,19H,1-3,5-6,11H2. The molecule has 106 valence electrons. The van der Waals surface area contributed by atoms with Gasteiger partial charge in [-0.3, -0.25) is 4.79 Å². The zero-order valence-electron chi connectivity index (χ0n) is 11.4. The molecule has 1 aliphatic rings. The second-order valence-electron chi connectivity index (χ2n) is 5.35. The molecule has 2 heterocycles. The van der Waals surface area contributed by atoms with Crippen molar-refractivity contribution in [2.75, 3.05) is 0 Å². The Labute approximate surface area is 128 Å². The van der Waals surface area contributed by atoms with Gasteiger partial charge in [0.15, 0.2) is 0 Å². The van der Waals surface area contributed by atoms with Gasteiger partial charge in [-0.1, -0.05) is 31.4 Å². The maximum Gasteiger partial charge on any atom is 0.255 e. The van der Waals surface area contributed by atoms with Crippen molar-refractivity contribution in [1.29, 1.82) is 0 Å². The van der Waals surface area contributed by atoms with Crippen LogP contribution in [-0.2, 0) is 5.75 Å². The average Bonchev–Trinajstić information content (AvgIpc) is 3.02. The SMILES string of the molecule is O=c1c(CS)ccc(-c2cccs2)n1C1CCCCC1. The normalized spacial score (nSPS) is 16.4. The summed E-state index contributed by atoms with van der Waals surface area (Å²) in [5, 5.41) is 2.07. The van der Waals surface area contributed by atoms with Gasteiger partial charge >= 0.3 is 0 Å². The number of aromatic nitrogens is 1. The lowest BCUT2D eigenvalue weighted by Gasteiger charge is -2.27. The van der Waals surface area contributed by atoms with Gasteiger partial charge in [0, 0.05) is 17.4 Å². The maximum absolute atomic E-state index is 12.7. The van der Waals surface area contributed by atoms with Crippen LogP contribution in [0, 0.1) is 0 Å². The lowest BCUT2D eigenvalue weighted by Crippen LogP contribution is -2.29. The lowest BCUT2D eigenvalue weighted by molar-refractivity contribution is 0.348. The maximum atomic E-state index is 12.7. The van der Waals surface area contributed by atoms with Crippen molar-refractivity contribution >= 4 is 24.0 Å². The highest BCUT2D eigenvalue weighted by Crippen LogP contribution is 2.32. The van der Waals surface area contributed by atoms with Crippen LogP contribution in [0.3, 0.4) is 0 Å². The highest BCUT2D eigenvalue weighted by atomic mass is 32.1. The van der Waals surface area contributed by atoms with E-state index in [1.807, 2.05) is 16.7 Å². The molecule has 0 atom stereocenters. The molecule has 0 aromatic carbocycles. The third-order valence-corrected chi connectivity index (χ3v) is 5.31. The Morgan fingerprint density at radius 2 is 2.00 bits per heavy atom. The van der Waals surface area contributed by atoms with Crippen molar-refractivity contribution in [2.24, 2.45) is 0 Å². The fraction of sp³-hybridized carbons (Fsp3) is 0.438. The fourth-order valence-corrected chi connectivity index (χ4v) is 4.03. The summed E-state index contributed by atoms with van der Waals surface area (Å²) < 4.78 is 2.04. The van der Waals surface area contributed by atoms with Crippen LogP contribution in [0.25, 0.3) is 10.6 Å². The van der Waals surface area contributed by atoms with E-state index in [9.17, 15) is 4.79 Å². The first-order valence-electron chi connectivity index (χ1n) is 7.20. The summed E-state index contributed by atoms with van der Waals surface area (Å²) in [4.78, 5) is 13.9. The van der Waals surface area contributed by atoms with Gasteiger partial charge in [0.1, 0.15) is 0 Å². The van der Waals surface area contributed by atoms with Crippen molar-refractivity contribution in [3.8, 4) is 10.6 Å². The molecule has 1 aliphatic carbocycles. The number of thiophene rings is 1. The molecule has 20 heavy (non-hydrogen) atoms. The molecule has 1 fully saturated rings. The molecule has 2 aromatic heterocycles. The van der Waals surface area contributed by atoms with E-state index in [-0.39, 0.29) is 5.56 Å². The van der Waals surface area contributed by atoms with E-state index >= 15 is 0 Å². The number of thiol groups is 1. The smallest absolute Gasteiger partial charge is 0.255 e. The summed E-state index contributed by atoms with van der Waals surface area (Å²) in [5.74, 6) is 0.510. The van der Waals surface area contributed by atoms with Crippen LogP contribution in [0.15, 0.2) is 34.4 Å². The second kappa shape index (κ2) is 6.19. The van der Waals surface area contributed by atoms with E-state index in [1.54, 1.807) is 11.3 Å². The number of nitrogens with zero attached hydrogens (tertiary/aromatic N) is 1. The highest BCUT2D eigenvalue weighted by molar-refractivity contribution is 7.79. The molecule has 4 heteroatoms. The van der Waals surface area contributed by atoms with Crippen LogP contribution in [0.1, 0.15) is 43.7 Å². The number of rotatable bonds is 3. The Morgan fingerprint density at radius 3 is 2.65 bits per heavy atom. The molecular weight excluding hydrogens is 286 g/mol. The zero-order valence-corrected chi connectivity index (χ0v) is 13.1. The Kier molecular flexibility index (Phi) is 4.32. The van der Waals surface area contributed by atoms with E-state index in [4.69, 9.17) is 0 Å². The summed E-state index contributed by atoms with van der Waals surface area (Å²) in [6.45, 7) is 0. The van der Waals surface area contributed by atoms with E-state index in [1.165, 1.54) is 24.1 Å². The Balaban J connectivity index is 2.14. The van der Waals surface area contributed by atoms with Crippen molar-refractivity contribution in [3.05, 3.63) is 45.6 Å². The molecule has 0 N–H and O–H groups in total. The minimum Gasteiger partial charge on any atom is -0.304 e. The van der Waals surface area contributed by atoms with Gasteiger partial charge in [-0.2, -0.15) is 12.6 Å². The van der Waals surface area contributed by atoms with Crippen molar-refractivity contribution in [2.45, 2.75) is 43.9 Å². The summed E-state index contributed by atoms with van der Waals surface area (Å²) >= 11 is 5.99. The highest BCUT2D eigenvalue weighted by Gasteiger charge is 2.21. The molecule has 0 saturated heterocycles. The molecule has 2 nitrogen and oxygen atoms in total. The van der Waals surface area contributed by atoms with E-state index in [2.05, 4.69) is 30.1 Å². The van der Waals surface area contributed by atoms with Gasteiger partial charge < -0.3 is 4.57 Å². The van der Waals surface area contributed by atoms with E-state index in [0.717, 1.165) is 24.1 Å². The van der Waals surface area contributed by atoms with Gasteiger partial charge in [0.25, 0.3) is 5.56 Å². The van der Waals surface area contributed by atoms with Gasteiger partial charge in [-0.05, 0) is 30.4 Å². The van der Waals surface area contributed by atoms with Gasteiger partial charge in [-0.15, -0.1) is 11.3 Å². The zero-order chi connectivity index (χ0) is 13.9. The fourth-order valence-electron chi connectivity index (χ4n) is 3.04. The topological polar surface area (TPSA) is 22.0 Å². The largest absolute Gasteiger partial charge is 0.304 e. The number of pyridine rings is 1. The van der Waals surface area contributed by atoms with Crippen LogP contribution in [0.5, 0.6) is 0 Å². The van der Waals surface area contributed by atoms with Crippen LogP contribution in [0.2, 0.25) is 0 Å². The Hall–Kier alpha value is -1.00. The van der Waals surface area contributed by atoms with Crippen molar-refractivity contribution < 1.29 is 0 Å². The molecule has 2 aromatic rings. The first-order valence-corrected chi connectivity index (χ1v) is 8.71. The van der Waals surface area contributed by atoms with Gasteiger partial charge in [0.2, 0.25) is 0 Å². The summed E-state index contributed by atoms with van der Waals surface area (Å²) in [6.07, 6.45) is 5.99. The van der Waals surface area contributed by atoms with Crippen LogP contribution in [-0.4, -0.2) is 4.57 Å². The van der Waals surface area contributed by atoms with Crippen LogP contribution < -0.4 is 5.56 Å². The van der Waals surface area contributed by atoms with Crippen molar-refractivity contribution in [1.82, 2.24) is 4.57 Å². The minimum absolute atomic E-state index is 0.151. The first-order chi connectivity index (χ1) is 9.81. The molecule has 0 bridgehead atoms. The summed E-state index contributed by atoms with van der Waals surface area (Å²) in [6, 6.07) is 8.52. The molecule has 0 amide bonds. The molecule has 0 spiro atoms. The third-order valence-electron chi connectivity index (χ3n) is 4.08. The monoisotopic (exact) mass is 305 g/mol. The average molecular weight is 305 g/mol. The predicted octanol–water partition coefficient (Wildman–Crippen LogP) is 4.51. The van der Waals surface area contributed by atoms with E-state index in [0.29, 0.717) is 11.8 Å². The summed E-state index contributed by atoms with van der Waals surface area (Å²) in [5.41, 5.74) is 2.03. The van der Waals surface area contributed by atoms with Gasteiger partial charge in [0.05, 0.1) is 10.6 Å². The van der Waals surface area contributed by atoms with Crippen LogP contribution >= 0.6 is 24.0 Å². The Morgan fingerprint density at radius 1 is 1.20 bits per heavy atom. The summed E-state index contributed by atoms with van der Waals surface area (Å²) in [7, 11) is 0. The number of hydrogen-bond donors (Lipinski definition) is 1. The minimum atomic E-state index is 0.151. The predicted molar refractivity (Wildman–Crippen MR) is 88.8 cm³/mol. The molecule has 0 radical (unpaired) electrons. The first kappa shape index (κ1) is 14.0. The lowest BCUT2D eigenvalue weighted by atomic mass is 9.94. The van der Waals surface area contributed by atoms with Gasteiger partial charge in [-0.25, -0.2) is 0 Å². The number of hydrogen-bond acceptors (Lipinski definition) is 3. The second-order valence-corrected chi connectivity index (χ2v) is 6.61. The molecule has 1 saturated carbocycles. The quantitative estimate of drug-likeness (QED) is 0.828.